The van der Waals surface area contributed by atoms with E-state index in [0.29, 0.717) is 5.76 Å². The largest absolute Gasteiger partial charge is 0.431 e. The molecule has 19 heavy (non-hydrogen) atoms. The lowest BCUT2D eigenvalue weighted by Crippen LogP contribution is -2.38. The van der Waals surface area contributed by atoms with Gasteiger partial charge in [-0.2, -0.15) is 0 Å². The Morgan fingerprint density at radius 3 is 2.47 bits per heavy atom. The quantitative estimate of drug-likeness (QED) is 0.535. The van der Waals surface area contributed by atoms with Gasteiger partial charge >= 0.3 is 5.97 Å². The van der Waals surface area contributed by atoms with Crippen LogP contribution in [0.1, 0.15) is 32.6 Å². The summed E-state index contributed by atoms with van der Waals surface area (Å²) in [5.74, 6) is -0.486. The van der Waals surface area contributed by atoms with Crippen molar-refractivity contribution in [2.75, 3.05) is 0 Å². The van der Waals surface area contributed by atoms with Gasteiger partial charge in [-0.15, -0.1) is 0 Å². The first-order valence-corrected chi connectivity index (χ1v) is 6.96. The van der Waals surface area contributed by atoms with Crippen molar-refractivity contribution < 1.29 is 19.1 Å². The molecule has 0 aromatic heterocycles. The number of esters is 1. The molecule has 3 fully saturated rings. The Hall–Kier alpha value is -1.45. The van der Waals surface area contributed by atoms with Crippen LogP contribution < -0.4 is 0 Å². The molecule has 3 aliphatic rings. The van der Waals surface area contributed by atoms with Gasteiger partial charge in [-0.05, 0) is 18.8 Å². The zero-order valence-electron chi connectivity index (χ0n) is 11.1. The highest BCUT2D eigenvalue weighted by molar-refractivity contribution is 6.09. The second-order valence-electron chi connectivity index (χ2n) is 6.04. The first-order chi connectivity index (χ1) is 9.00. The van der Waals surface area contributed by atoms with Crippen LogP contribution in [0.4, 0.5) is 0 Å². The van der Waals surface area contributed by atoms with E-state index < -0.39 is 0 Å². The minimum atomic E-state index is -0.296. The Balaban J connectivity index is 1.92. The summed E-state index contributed by atoms with van der Waals surface area (Å²) in [4.78, 5) is 35.9. The molecule has 102 valence electrons. The first kappa shape index (κ1) is 12.6. The van der Waals surface area contributed by atoms with Gasteiger partial charge in [-0.3, -0.25) is 14.4 Å². The fraction of sp³-hybridized carbons (Fsp3) is 0.667. The standard InChI is InChI=1S/C15H18O4/c1-7-8(2)19-15(18)13(7)10-5-3-4-9-11(16)6-12(17)14(9)10/h7,9-10,13-14H,2-6H2,1H3/t7-,9+,10-,13+,14?/m1/s1. The molecule has 1 aliphatic heterocycles. The number of hydrogen-bond acceptors (Lipinski definition) is 4. The number of ether oxygens (including phenoxy) is 1. The van der Waals surface area contributed by atoms with E-state index in [9.17, 15) is 14.4 Å². The number of carbonyl (C=O) groups excluding carboxylic acids is 3. The van der Waals surface area contributed by atoms with Gasteiger partial charge < -0.3 is 4.74 Å². The van der Waals surface area contributed by atoms with Crippen molar-refractivity contribution in [3.63, 3.8) is 0 Å². The Labute approximate surface area is 112 Å². The molecular formula is C15H18O4. The smallest absolute Gasteiger partial charge is 0.315 e. The molecule has 1 unspecified atom stereocenters. The number of cyclic esters (lactones) is 1. The van der Waals surface area contributed by atoms with Crippen LogP contribution in [0, 0.1) is 29.6 Å². The molecule has 0 spiro atoms. The zero-order chi connectivity index (χ0) is 13.7. The maximum absolute atomic E-state index is 12.1. The summed E-state index contributed by atoms with van der Waals surface area (Å²) in [6.07, 6.45) is 2.59. The van der Waals surface area contributed by atoms with E-state index in [2.05, 4.69) is 6.58 Å². The van der Waals surface area contributed by atoms with E-state index in [1.807, 2.05) is 6.92 Å². The summed E-state index contributed by atoms with van der Waals surface area (Å²) < 4.78 is 5.12. The van der Waals surface area contributed by atoms with Gasteiger partial charge in [0.1, 0.15) is 17.3 Å². The second kappa shape index (κ2) is 4.29. The van der Waals surface area contributed by atoms with Gasteiger partial charge in [0.05, 0.1) is 12.3 Å². The van der Waals surface area contributed by atoms with Crippen molar-refractivity contribution in [1.29, 1.82) is 0 Å². The van der Waals surface area contributed by atoms with Gasteiger partial charge in [0.2, 0.25) is 0 Å². The van der Waals surface area contributed by atoms with Gasteiger partial charge in [0.15, 0.2) is 0 Å². The third-order valence-electron chi connectivity index (χ3n) is 5.09. The lowest BCUT2D eigenvalue weighted by Gasteiger charge is -2.35. The van der Waals surface area contributed by atoms with Crippen LogP contribution in [0.15, 0.2) is 12.3 Å². The van der Waals surface area contributed by atoms with Crippen LogP contribution in [0.25, 0.3) is 0 Å². The topological polar surface area (TPSA) is 60.4 Å². The normalized spacial score (nSPS) is 42.5. The summed E-state index contributed by atoms with van der Waals surface area (Å²) >= 11 is 0. The van der Waals surface area contributed by atoms with Crippen molar-refractivity contribution in [3.8, 4) is 0 Å². The number of carbonyl (C=O) groups is 3. The average Bonchev–Trinajstić information content (AvgIpc) is 2.78. The van der Waals surface area contributed by atoms with Crippen molar-refractivity contribution in [2.45, 2.75) is 32.6 Å². The third-order valence-corrected chi connectivity index (χ3v) is 5.09. The van der Waals surface area contributed by atoms with Crippen LogP contribution in [0.3, 0.4) is 0 Å². The van der Waals surface area contributed by atoms with Crippen LogP contribution in [-0.4, -0.2) is 17.5 Å². The second-order valence-corrected chi connectivity index (χ2v) is 6.04. The Bertz CT molecular complexity index is 469. The predicted octanol–water partition coefficient (Wildman–Crippen LogP) is 1.88. The summed E-state index contributed by atoms with van der Waals surface area (Å²) in [5.41, 5.74) is 0. The fourth-order valence-corrected chi connectivity index (χ4v) is 4.12. The molecule has 0 N–H and O–H groups in total. The monoisotopic (exact) mass is 262 g/mol. The average molecular weight is 262 g/mol. The minimum absolute atomic E-state index is 0.0252. The lowest BCUT2D eigenvalue weighted by molar-refractivity contribution is -0.143. The third kappa shape index (κ3) is 1.77. The van der Waals surface area contributed by atoms with Crippen LogP contribution in [-0.2, 0) is 19.1 Å². The molecule has 2 aliphatic carbocycles. The fourth-order valence-electron chi connectivity index (χ4n) is 4.12. The van der Waals surface area contributed by atoms with Crippen molar-refractivity contribution >= 4 is 17.5 Å². The Morgan fingerprint density at radius 2 is 1.84 bits per heavy atom. The van der Waals surface area contributed by atoms with Crippen molar-refractivity contribution in [2.24, 2.45) is 29.6 Å². The molecule has 0 radical (unpaired) electrons. The molecule has 5 atom stereocenters. The highest BCUT2D eigenvalue weighted by Crippen LogP contribution is 2.49. The number of fused-ring (bicyclic) bond motifs is 1. The lowest BCUT2D eigenvalue weighted by atomic mass is 9.65. The molecular weight excluding hydrogens is 244 g/mol. The molecule has 1 heterocycles. The highest BCUT2D eigenvalue weighted by Gasteiger charge is 2.54. The SMILES string of the molecule is C=C1OC(=O)[C@H]([C@H]2CCC[C@H]3C(=O)CC(=O)C32)[C@@H]1C. The number of hydrogen-bond donors (Lipinski definition) is 0. The Kier molecular flexibility index (Phi) is 2.84. The number of ketones is 2. The maximum Gasteiger partial charge on any atom is 0.315 e. The van der Waals surface area contributed by atoms with E-state index >= 15 is 0 Å². The predicted molar refractivity (Wildman–Crippen MR) is 66.8 cm³/mol. The molecule has 3 rings (SSSR count). The zero-order valence-corrected chi connectivity index (χ0v) is 11.1. The van der Waals surface area contributed by atoms with Gasteiger partial charge in [-0.25, -0.2) is 0 Å². The summed E-state index contributed by atoms with van der Waals surface area (Å²) in [7, 11) is 0. The molecule has 0 aromatic rings. The Morgan fingerprint density at radius 1 is 1.11 bits per heavy atom. The number of allylic oxidation sites excluding steroid dienone is 1. The molecule has 2 saturated carbocycles. The molecule has 4 heteroatoms. The number of Topliss-reactive ketones (excluding diaryl/α,β-unsaturated/α-hetero) is 2. The summed E-state index contributed by atoms with van der Waals surface area (Å²) in [6, 6.07) is 0. The summed E-state index contributed by atoms with van der Waals surface area (Å²) in [5, 5.41) is 0. The first-order valence-electron chi connectivity index (χ1n) is 6.96. The van der Waals surface area contributed by atoms with E-state index in [0.717, 1.165) is 19.3 Å². The van der Waals surface area contributed by atoms with E-state index in [1.165, 1.54) is 0 Å². The van der Waals surface area contributed by atoms with Crippen molar-refractivity contribution in [3.05, 3.63) is 12.3 Å². The molecule has 0 amide bonds. The van der Waals surface area contributed by atoms with E-state index in [1.54, 1.807) is 0 Å². The van der Waals surface area contributed by atoms with Gasteiger partial charge in [0, 0.05) is 17.8 Å². The molecule has 0 bridgehead atoms. The van der Waals surface area contributed by atoms with Gasteiger partial charge in [0.25, 0.3) is 0 Å². The molecule has 4 nitrogen and oxygen atoms in total. The summed E-state index contributed by atoms with van der Waals surface area (Å²) in [6.45, 7) is 5.67. The molecule has 0 aromatic carbocycles. The van der Waals surface area contributed by atoms with Crippen LogP contribution in [0.5, 0.6) is 0 Å². The highest BCUT2D eigenvalue weighted by atomic mass is 16.5. The van der Waals surface area contributed by atoms with Crippen LogP contribution in [0.2, 0.25) is 0 Å². The van der Waals surface area contributed by atoms with Gasteiger partial charge in [-0.1, -0.05) is 19.9 Å². The van der Waals surface area contributed by atoms with E-state index in [4.69, 9.17) is 4.74 Å². The van der Waals surface area contributed by atoms with Crippen LogP contribution >= 0.6 is 0 Å². The van der Waals surface area contributed by atoms with Crippen molar-refractivity contribution in [1.82, 2.24) is 0 Å². The van der Waals surface area contributed by atoms with E-state index in [-0.39, 0.29) is 53.5 Å². The number of rotatable bonds is 1. The molecule has 1 saturated heterocycles. The minimum Gasteiger partial charge on any atom is -0.431 e. The maximum atomic E-state index is 12.1.